The van der Waals surface area contributed by atoms with Crippen molar-refractivity contribution in [3.63, 3.8) is 0 Å². The fourth-order valence-corrected chi connectivity index (χ4v) is 2.71. The minimum absolute atomic E-state index is 0.0567. The second-order valence-corrected chi connectivity index (χ2v) is 6.24. The van der Waals surface area contributed by atoms with Gasteiger partial charge in [0.25, 0.3) is 0 Å². The third-order valence-electron chi connectivity index (χ3n) is 4.12. The van der Waals surface area contributed by atoms with Crippen LogP contribution < -0.4 is 9.47 Å². The molecule has 6 heteroatoms. The highest BCUT2D eigenvalue weighted by atomic mass is 16.5. The molecule has 0 fully saturated rings. The van der Waals surface area contributed by atoms with Gasteiger partial charge in [0.2, 0.25) is 0 Å². The first-order valence-electron chi connectivity index (χ1n) is 9.53. The topological polar surface area (TPSA) is 85.2 Å². The van der Waals surface area contributed by atoms with E-state index in [0.717, 1.165) is 24.0 Å². The Balaban J connectivity index is 2.22. The number of hydrogen-bond donors (Lipinski definition) is 2. The van der Waals surface area contributed by atoms with Gasteiger partial charge in [-0.25, -0.2) is 0 Å². The minimum atomic E-state index is -0.560. The van der Waals surface area contributed by atoms with Gasteiger partial charge in [0.1, 0.15) is 30.6 Å². The maximum Gasteiger partial charge on any atom is 0.317 e. The van der Waals surface area contributed by atoms with Crippen LogP contribution in [0.15, 0.2) is 48.5 Å². The number of aliphatic hydroxyl groups is 2. The first kappa shape index (κ1) is 21.7. The molecule has 152 valence electrons. The van der Waals surface area contributed by atoms with Crippen LogP contribution in [0.25, 0.3) is 0 Å². The molecular formula is C22H28O6. The predicted molar refractivity (Wildman–Crippen MR) is 106 cm³/mol. The number of aliphatic hydroxyl groups excluding tert-OH is 2. The summed E-state index contributed by atoms with van der Waals surface area (Å²) >= 11 is 0. The molecule has 0 aliphatic rings. The maximum absolute atomic E-state index is 12.8. The van der Waals surface area contributed by atoms with E-state index in [2.05, 4.69) is 0 Å². The molecule has 0 radical (unpaired) electrons. The standard InChI is InChI=1S/C22H28O6/c1-2-3-14-28-22(25)21(17-4-8-19(9-5-17)26-15-12-23)18-6-10-20(11-7-18)27-16-13-24/h4-11,21,23-24H,2-3,12-16H2,1H3. The second kappa shape index (κ2) is 12.0. The SMILES string of the molecule is CCCCOC(=O)C(c1ccc(OCCO)cc1)c1ccc(OCCO)cc1. The monoisotopic (exact) mass is 388 g/mol. The van der Waals surface area contributed by atoms with Gasteiger partial charge < -0.3 is 24.4 Å². The molecule has 2 rings (SSSR count). The quantitative estimate of drug-likeness (QED) is 0.430. The van der Waals surface area contributed by atoms with E-state index in [1.54, 1.807) is 24.3 Å². The molecule has 0 atom stereocenters. The second-order valence-electron chi connectivity index (χ2n) is 6.24. The van der Waals surface area contributed by atoms with Gasteiger partial charge in [-0.2, -0.15) is 0 Å². The van der Waals surface area contributed by atoms with Gasteiger partial charge in [0.05, 0.1) is 19.8 Å². The maximum atomic E-state index is 12.8. The summed E-state index contributed by atoms with van der Waals surface area (Å²) in [6, 6.07) is 14.4. The number of unbranched alkanes of at least 4 members (excludes halogenated alkanes) is 1. The van der Waals surface area contributed by atoms with Crippen molar-refractivity contribution < 1.29 is 29.2 Å². The Labute approximate surface area is 165 Å². The summed E-state index contributed by atoms with van der Waals surface area (Å²) in [5, 5.41) is 17.7. The normalized spacial score (nSPS) is 10.7. The average Bonchev–Trinajstić information content (AvgIpc) is 2.73. The van der Waals surface area contributed by atoms with E-state index in [1.807, 2.05) is 31.2 Å². The van der Waals surface area contributed by atoms with E-state index in [4.69, 9.17) is 24.4 Å². The lowest BCUT2D eigenvalue weighted by Gasteiger charge is -2.18. The van der Waals surface area contributed by atoms with Crippen molar-refractivity contribution in [2.45, 2.75) is 25.7 Å². The van der Waals surface area contributed by atoms with Crippen molar-refractivity contribution in [3.8, 4) is 11.5 Å². The minimum Gasteiger partial charge on any atom is -0.491 e. The van der Waals surface area contributed by atoms with Crippen molar-refractivity contribution in [3.05, 3.63) is 59.7 Å². The van der Waals surface area contributed by atoms with Crippen LogP contribution in [0, 0.1) is 0 Å². The summed E-state index contributed by atoms with van der Waals surface area (Å²) in [4.78, 5) is 12.8. The van der Waals surface area contributed by atoms with E-state index in [-0.39, 0.29) is 32.4 Å². The Kier molecular flexibility index (Phi) is 9.31. The Bertz CT molecular complexity index is 644. The molecule has 0 saturated heterocycles. The predicted octanol–water partition coefficient (Wildman–Crippen LogP) is 2.90. The Hall–Kier alpha value is -2.57. The molecule has 0 saturated carbocycles. The number of hydrogen-bond acceptors (Lipinski definition) is 6. The van der Waals surface area contributed by atoms with Crippen molar-refractivity contribution in [1.82, 2.24) is 0 Å². The summed E-state index contributed by atoms with van der Waals surface area (Å²) in [6.07, 6.45) is 1.77. The number of carbonyl (C=O) groups is 1. The van der Waals surface area contributed by atoms with Gasteiger partial charge in [0, 0.05) is 0 Å². The first-order valence-corrected chi connectivity index (χ1v) is 9.53. The van der Waals surface area contributed by atoms with Gasteiger partial charge in [-0.05, 0) is 41.8 Å². The number of ether oxygens (including phenoxy) is 3. The number of rotatable bonds is 12. The Morgan fingerprint density at radius 1 is 0.821 bits per heavy atom. The van der Waals surface area contributed by atoms with Crippen LogP contribution in [-0.4, -0.2) is 49.2 Å². The summed E-state index contributed by atoms with van der Waals surface area (Å²) < 4.78 is 16.2. The van der Waals surface area contributed by atoms with Gasteiger partial charge in [-0.1, -0.05) is 37.6 Å². The largest absolute Gasteiger partial charge is 0.491 e. The first-order chi connectivity index (χ1) is 13.7. The molecule has 0 bridgehead atoms. The van der Waals surface area contributed by atoms with E-state index < -0.39 is 5.92 Å². The summed E-state index contributed by atoms with van der Waals surface area (Å²) in [7, 11) is 0. The lowest BCUT2D eigenvalue weighted by molar-refractivity contribution is -0.144. The summed E-state index contributed by atoms with van der Waals surface area (Å²) in [5.74, 6) is 0.393. The molecule has 0 unspecified atom stereocenters. The lowest BCUT2D eigenvalue weighted by atomic mass is 9.91. The Morgan fingerprint density at radius 3 is 1.68 bits per heavy atom. The van der Waals surface area contributed by atoms with Crippen LogP contribution in [0.5, 0.6) is 11.5 Å². The van der Waals surface area contributed by atoms with Crippen molar-refractivity contribution in [2.24, 2.45) is 0 Å². The zero-order valence-electron chi connectivity index (χ0n) is 16.2. The fourth-order valence-electron chi connectivity index (χ4n) is 2.71. The number of esters is 1. The van der Waals surface area contributed by atoms with E-state index in [9.17, 15) is 4.79 Å². The highest BCUT2D eigenvalue weighted by molar-refractivity contribution is 5.82. The van der Waals surface area contributed by atoms with Crippen LogP contribution in [0.4, 0.5) is 0 Å². The summed E-state index contributed by atoms with van der Waals surface area (Å²) in [6.45, 7) is 2.76. The van der Waals surface area contributed by atoms with Crippen LogP contribution in [0.2, 0.25) is 0 Å². The van der Waals surface area contributed by atoms with Crippen molar-refractivity contribution >= 4 is 5.97 Å². The highest BCUT2D eigenvalue weighted by Gasteiger charge is 2.24. The van der Waals surface area contributed by atoms with Crippen molar-refractivity contribution in [2.75, 3.05) is 33.0 Å². The van der Waals surface area contributed by atoms with Crippen LogP contribution in [0.3, 0.4) is 0 Å². The van der Waals surface area contributed by atoms with E-state index in [0.29, 0.717) is 18.1 Å². The molecule has 2 aromatic carbocycles. The number of carbonyl (C=O) groups excluding carboxylic acids is 1. The van der Waals surface area contributed by atoms with Gasteiger partial charge >= 0.3 is 5.97 Å². The fraction of sp³-hybridized carbons (Fsp3) is 0.409. The Morgan fingerprint density at radius 2 is 1.29 bits per heavy atom. The van der Waals surface area contributed by atoms with Gasteiger partial charge in [0.15, 0.2) is 0 Å². The summed E-state index contributed by atoms with van der Waals surface area (Å²) in [5.41, 5.74) is 1.59. The lowest BCUT2D eigenvalue weighted by Crippen LogP contribution is -2.18. The molecule has 6 nitrogen and oxygen atoms in total. The molecule has 0 heterocycles. The molecule has 0 spiro atoms. The van der Waals surface area contributed by atoms with E-state index in [1.165, 1.54) is 0 Å². The zero-order chi connectivity index (χ0) is 20.2. The van der Waals surface area contributed by atoms with Crippen molar-refractivity contribution in [1.29, 1.82) is 0 Å². The van der Waals surface area contributed by atoms with Gasteiger partial charge in [-0.15, -0.1) is 0 Å². The van der Waals surface area contributed by atoms with Gasteiger partial charge in [-0.3, -0.25) is 4.79 Å². The smallest absolute Gasteiger partial charge is 0.317 e. The molecule has 0 aliphatic heterocycles. The van der Waals surface area contributed by atoms with Crippen LogP contribution >= 0.6 is 0 Å². The molecule has 2 aromatic rings. The number of benzene rings is 2. The molecule has 0 amide bonds. The molecular weight excluding hydrogens is 360 g/mol. The third kappa shape index (κ3) is 6.55. The molecule has 0 aliphatic carbocycles. The molecule has 2 N–H and O–H groups in total. The van der Waals surface area contributed by atoms with Crippen LogP contribution in [0.1, 0.15) is 36.8 Å². The average molecular weight is 388 g/mol. The van der Waals surface area contributed by atoms with Crippen LogP contribution in [-0.2, 0) is 9.53 Å². The zero-order valence-corrected chi connectivity index (χ0v) is 16.2. The molecule has 28 heavy (non-hydrogen) atoms. The highest BCUT2D eigenvalue weighted by Crippen LogP contribution is 2.29. The molecule has 0 aromatic heterocycles. The van der Waals surface area contributed by atoms with E-state index >= 15 is 0 Å². The third-order valence-corrected chi connectivity index (χ3v) is 4.12.